The van der Waals surface area contributed by atoms with Gasteiger partial charge in [-0.1, -0.05) is 60.3 Å². The zero-order valence-electron chi connectivity index (χ0n) is 23.5. The van der Waals surface area contributed by atoms with Crippen molar-refractivity contribution >= 4 is 50.5 Å². The second-order valence-electron chi connectivity index (χ2n) is 11.1. The van der Waals surface area contributed by atoms with E-state index in [9.17, 15) is 28.5 Å². The number of benzene rings is 2. The van der Waals surface area contributed by atoms with Crippen LogP contribution in [0.5, 0.6) is 0 Å². The lowest BCUT2D eigenvalue weighted by atomic mass is 9.76. The average molecular weight is 669 g/mol. The number of thiophene rings is 1. The minimum absolute atomic E-state index is 0.254. The van der Waals surface area contributed by atoms with Crippen LogP contribution in [0, 0.1) is 0 Å². The summed E-state index contributed by atoms with van der Waals surface area (Å²) in [7, 11) is -3.56. The fourth-order valence-electron chi connectivity index (χ4n) is 6.37. The van der Waals surface area contributed by atoms with Crippen LogP contribution in [0.15, 0.2) is 54.6 Å². The van der Waals surface area contributed by atoms with Crippen LogP contribution in [-0.4, -0.2) is 65.7 Å². The van der Waals surface area contributed by atoms with Gasteiger partial charge in [0.2, 0.25) is 10.0 Å². The van der Waals surface area contributed by atoms with Crippen molar-refractivity contribution in [3.05, 3.63) is 91.1 Å². The van der Waals surface area contributed by atoms with Crippen molar-refractivity contribution in [2.24, 2.45) is 0 Å². The number of fused-ring (bicyclic) bond motifs is 1. The van der Waals surface area contributed by atoms with Crippen molar-refractivity contribution in [1.82, 2.24) is 14.9 Å². The lowest BCUT2D eigenvalue weighted by Crippen LogP contribution is -2.59. The fraction of sp³-hybridized carbons (Fsp3) is 0.433. The number of aliphatic hydroxyl groups excluding tert-OH is 2. The number of amides is 1. The van der Waals surface area contributed by atoms with Gasteiger partial charge in [-0.15, -0.1) is 11.3 Å². The van der Waals surface area contributed by atoms with E-state index in [1.165, 1.54) is 11.3 Å². The minimum Gasteiger partial charge on any atom is -0.378 e. The molecule has 2 aromatic carbocycles. The molecule has 1 aliphatic carbocycles. The normalized spacial score (nSPS) is 23.4. The highest BCUT2D eigenvalue weighted by Gasteiger charge is 2.49. The van der Waals surface area contributed by atoms with Crippen LogP contribution in [0.3, 0.4) is 0 Å². The third-order valence-corrected chi connectivity index (χ3v) is 10.6. The molecule has 5 N–H and O–H groups in total. The first-order valence-electron chi connectivity index (χ1n) is 14.1. The highest BCUT2D eigenvalue weighted by atomic mass is 35.5. The summed E-state index contributed by atoms with van der Waals surface area (Å²) < 4.78 is 27.5. The number of carbonyl (C=O) groups excluding carboxylic acids is 1. The van der Waals surface area contributed by atoms with Crippen molar-refractivity contribution in [3.63, 3.8) is 0 Å². The largest absolute Gasteiger partial charge is 0.378 e. The highest BCUT2D eigenvalue weighted by Crippen LogP contribution is 2.48. The van der Waals surface area contributed by atoms with Crippen molar-refractivity contribution in [1.29, 1.82) is 0 Å². The monoisotopic (exact) mass is 667 g/mol. The third-order valence-electron chi connectivity index (χ3n) is 8.16. The Morgan fingerprint density at radius 3 is 2.47 bits per heavy atom. The average Bonchev–Trinajstić information content (AvgIpc) is 3.42. The summed E-state index contributed by atoms with van der Waals surface area (Å²) in [6.07, 6.45) is 1.77. The quantitative estimate of drug-likeness (QED) is 0.203. The molecule has 2 aliphatic rings. The van der Waals surface area contributed by atoms with Gasteiger partial charge in [0.1, 0.15) is 6.23 Å². The molecule has 5 rings (SSSR count). The maximum Gasteiger partial charge on any atom is 0.254 e. The first-order chi connectivity index (χ1) is 20.4. The predicted octanol–water partition coefficient (Wildman–Crippen LogP) is 4.33. The second-order valence-corrected chi connectivity index (χ2v) is 14.9. The topological polar surface area (TPSA) is 139 Å². The van der Waals surface area contributed by atoms with E-state index in [4.69, 9.17) is 23.2 Å². The molecule has 1 unspecified atom stereocenters. The Morgan fingerprint density at radius 1 is 1.02 bits per heavy atom. The molecule has 232 valence electrons. The molecule has 3 aromatic rings. The van der Waals surface area contributed by atoms with Gasteiger partial charge in [0.05, 0.1) is 17.2 Å². The molecular weight excluding hydrogens is 633 g/mol. The molecule has 9 nitrogen and oxygen atoms in total. The maximum atomic E-state index is 14.4. The van der Waals surface area contributed by atoms with E-state index >= 15 is 0 Å². The Balaban J connectivity index is 1.56. The van der Waals surface area contributed by atoms with Crippen LogP contribution in [0.1, 0.15) is 75.2 Å². The number of carbonyl (C=O) groups is 1. The van der Waals surface area contributed by atoms with Crippen molar-refractivity contribution in [2.75, 3.05) is 12.8 Å². The summed E-state index contributed by atoms with van der Waals surface area (Å²) in [6, 6.07) is 14.0. The first-order valence-corrected chi connectivity index (χ1v) is 17.6. The van der Waals surface area contributed by atoms with E-state index in [-0.39, 0.29) is 5.91 Å². The van der Waals surface area contributed by atoms with E-state index in [2.05, 4.69) is 10.0 Å². The molecule has 1 aromatic heterocycles. The molecule has 2 heterocycles. The molecular formula is C30H35Cl2N3O6S2. The van der Waals surface area contributed by atoms with Gasteiger partial charge in [0, 0.05) is 45.0 Å². The molecule has 1 aliphatic heterocycles. The number of nitrogens with zero attached hydrogens (tertiary/aromatic N) is 1. The van der Waals surface area contributed by atoms with Crippen molar-refractivity contribution in [2.45, 2.75) is 68.7 Å². The number of hydrogen-bond acceptors (Lipinski definition) is 8. The number of hydrogen-bond donors (Lipinski definition) is 5. The number of sulfonamides is 1. The van der Waals surface area contributed by atoms with E-state index in [0.717, 1.165) is 24.0 Å². The van der Waals surface area contributed by atoms with Crippen LogP contribution < -0.4 is 10.0 Å². The van der Waals surface area contributed by atoms with Gasteiger partial charge >= 0.3 is 0 Å². The Bertz CT molecular complexity index is 1570. The molecule has 13 heteroatoms. The van der Waals surface area contributed by atoms with Gasteiger partial charge in [0.25, 0.3) is 5.91 Å². The summed E-state index contributed by atoms with van der Waals surface area (Å²) in [4.78, 5) is 17.4. The maximum absolute atomic E-state index is 14.4. The molecule has 43 heavy (non-hydrogen) atoms. The van der Waals surface area contributed by atoms with E-state index in [0.29, 0.717) is 57.4 Å². The second kappa shape index (κ2) is 13.5. The summed E-state index contributed by atoms with van der Waals surface area (Å²) >= 11 is 14.3. The SMILES string of the molecule is CS(=O)(=O)N[C@H]1CCCC[C@@H]1N1C(=O)c2ccccc2[C@@H](C(O)NCCc2ccc(C(O)O)s2)[C@@H]1c1ccc(Cl)cc1Cl. The zero-order chi connectivity index (χ0) is 30.9. The summed E-state index contributed by atoms with van der Waals surface area (Å²) in [5.74, 6) is -0.914. The smallest absolute Gasteiger partial charge is 0.254 e. The van der Waals surface area contributed by atoms with Crippen molar-refractivity contribution < 1.29 is 28.5 Å². The van der Waals surface area contributed by atoms with Gasteiger partial charge in [-0.05, 0) is 60.7 Å². The fourth-order valence-corrected chi connectivity index (χ4v) is 8.60. The number of rotatable bonds is 10. The molecule has 1 saturated carbocycles. The predicted molar refractivity (Wildman–Crippen MR) is 168 cm³/mol. The molecule has 0 spiro atoms. The van der Waals surface area contributed by atoms with Crippen LogP contribution in [-0.2, 0) is 16.4 Å². The number of nitrogens with one attached hydrogen (secondary N) is 2. The Hall–Kier alpha value is -2.06. The highest BCUT2D eigenvalue weighted by molar-refractivity contribution is 7.88. The lowest BCUT2D eigenvalue weighted by molar-refractivity contribution is -0.0395. The van der Waals surface area contributed by atoms with Gasteiger partial charge in [-0.2, -0.15) is 0 Å². The van der Waals surface area contributed by atoms with Crippen LogP contribution in [0.4, 0.5) is 0 Å². The van der Waals surface area contributed by atoms with Crippen LogP contribution in [0.2, 0.25) is 10.0 Å². The number of aliphatic hydroxyl groups is 3. The third kappa shape index (κ3) is 7.27. The molecule has 0 bridgehead atoms. The van der Waals surface area contributed by atoms with Crippen LogP contribution >= 0.6 is 34.5 Å². The Labute approximate surface area is 265 Å². The standard InChI is InChI=1S/C30H35Cl2N3O6S2/c1-43(40,41)34-23-8-4-5-9-24(23)35-27(21-12-10-17(31)16-22(21)32)26(19-6-2-3-7-20(19)29(35)37)28(36)33-15-14-18-11-13-25(42-18)30(38)39/h2-3,6-7,10-13,16,23-24,26-28,30,33-34,36,38-39H,4-5,8-9,14-15H2,1H3/t23-,24-,26+,27-,28?/m0/s1. The molecule has 1 amide bonds. The van der Waals surface area contributed by atoms with E-state index < -0.39 is 46.6 Å². The number of halogens is 2. The molecule has 0 radical (unpaired) electrons. The summed E-state index contributed by atoms with van der Waals surface area (Å²) in [5.41, 5.74) is 1.70. The molecule has 1 fully saturated rings. The van der Waals surface area contributed by atoms with Crippen LogP contribution in [0.25, 0.3) is 0 Å². The van der Waals surface area contributed by atoms with E-state index in [1.807, 2.05) is 18.2 Å². The molecule has 5 atom stereocenters. The van der Waals surface area contributed by atoms with Crippen molar-refractivity contribution in [3.8, 4) is 0 Å². The zero-order valence-corrected chi connectivity index (χ0v) is 26.6. The minimum atomic E-state index is -3.56. The summed E-state index contributed by atoms with van der Waals surface area (Å²) in [6.45, 7) is 0.373. The lowest BCUT2D eigenvalue weighted by Gasteiger charge is -2.50. The Kier molecular flexibility index (Phi) is 10.2. The van der Waals surface area contributed by atoms with Gasteiger partial charge in [-0.3, -0.25) is 10.1 Å². The van der Waals surface area contributed by atoms with E-state index in [1.54, 1.807) is 41.3 Å². The summed E-state index contributed by atoms with van der Waals surface area (Å²) in [5, 5.41) is 34.7. The van der Waals surface area contributed by atoms with Gasteiger partial charge in [0.15, 0.2) is 6.29 Å². The van der Waals surface area contributed by atoms with Gasteiger partial charge < -0.3 is 20.2 Å². The molecule has 0 saturated heterocycles. The van der Waals surface area contributed by atoms with Gasteiger partial charge in [-0.25, -0.2) is 13.1 Å². The Morgan fingerprint density at radius 2 is 1.77 bits per heavy atom. The first kappa shape index (κ1) is 32.3.